The molecule has 0 amide bonds. The van der Waals surface area contributed by atoms with Crippen molar-refractivity contribution in [2.45, 2.75) is 5.38 Å². The number of halogens is 5. The number of hydrogen-bond acceptors (Lipinski definition) is 0. The fourth-order valence-electron chi connectivity index (χ4n) is 0.787. The Bertz CT molecular complexity index is 337. The van der Waals surface area contributed by atoms with Crippen LogP contribution in [0.15, 0.2) is 30.1 Å². The molecule has 0 aromatic heterocycles. The smallest absolute Gasteiger partial charge is 0.207 e. The molecule has 0 aliphatic carbocycles. The van der Waals surface area contributed by atoms with Crippen LogP contribution in [0.3, 0.4) is 0 Å². The third-order valence-corrected chi connectivity index (χ3v) is 1.61. The molecule has 0 bridgehead atoms. The highest BCUT2D eigenvalue weighted by Gasteiger charge is 2.31. The number of benzene rings is 1. The molecule has 1 aromatic carbocycles. The molecule has 0 spiro atoms. The van der Waals surface area contributed by atoms with Crippen molar-refractivity contribution < 1.29 is 17.6 Å². The van der Waals surface area contributed by atoms with E-state index in [1.165, 1.54) is 0 Å². The van der Waals surface area contributed by atoms with E-state index in [-0.39, 0.29) is 5.56 Å². The molecule has 0 heterocycles. The van der Waals surface area contributed by atoms with E-state index in [2.05, 4.69) is 11.6 Å². The van der Waals surface area contributed by atoms with Crippen molar-refractivity contribution in [1.82, 2.24) is 0 Å². The van der Waals surface area contributed by atoms with Gasteiger partial charge in [0.2, 0.25) is 0 Å². The first kappa shape index (κ1) is 11.0. The summed E-state index contributed by atoms with van der Waals surface area (Å²) in [5, 5.41) is -4.02. The maximum absolute atomic E-state index is 12.6. The largest absolute Gasteiger partial charge is 0.373 e. The Kier molecular flexibility index (Phi) is 3.16. The van der Waals surface area contributed by atoms with Crippen LogP contribution in [-0.4, -0.2) is 5.38 Å². The summed E-state index contributed by atoms with van der Waals surface area (Å²) in [7, 11) is 0. The van der Waals surface area contributed by atoms with E-state index in [4.69, 9.17) is 0 Å². The first-order chi connectivity index (χ1) is 6.39. The van der Waals surface area contributed by atoms with Crippen LogP contribution >= 0.6 is 11.6 Å². The normalized spacial score (nSPS) is 13.1. The molecule has 1 rings (SSSR count). The van der Waals surface area contributed by atoms with Crippen molar-refractivity contribution in [3.63, 3.8) is 0 Å². The summed E-state index contributed by atoms with van der Waals surface area (Å²) in [5.74, 6) is -2.30. The topological polar surface area (TPSA) is 0 Å². The van der Waals surface area contributed by atoms with Gasteiger partial charge in [0.1, 0.15) is 5.82 Å². The molecule has 0 nitrogen and oxygen atoms in total. The zero-order valence-electron chi connectivity index (χ0n) is 6.78. The van der Waals surface area contributed by atoms with Gasteiger partial charge in [0.05, 0.1) is 0 Å². The molecule has 0 aliphatic rings. The number of alkyl halides is 3. The Morgan fingerprint density at radius 1 is 1.21 bits per heavy atom. The van der Waals surface area contributed by atoms with Gasteiger partial charge in [0, 0.05) is 0 Å². The molecule has 0 atom stereocenters. The second-order valence-corrected chi connectivity index (χ2v) is 3.02. The van der Waals surface area contributed by atoms with Gasteiger partial charge in [-0.25, -0.2) is 8.78 Å². The molecule has 0 aliphatic heterocycles. The quantitative estimate of drug-likeness (QED) is 0.527. The summed E-state index contributed by atoms with van der Waals surface area (Å²) in [6.45, 7) is 0. The molecule has 0 radical (unpaired) electrons. The lowest BCUT2D eigenvalue weighted by atomic mass is 10.2. The summed E-state index contributed by atoms with van der Waals surface area (Å²) in [6, 6.07) is 4.39. The van der Waals surface area contributed by atoms with Crippen LogP contribution in [0.1, 0.15) is 5.56 Å². The first-order valence-electron chi connectivity index (χ1n) is 3.59. The van der Waals surface area contributed by atoms with Gasteiger partial charge < -0.3 is 0 Å². The van der Waals surface area contributed by atoms with Crippen molar-refractivity contribution in [2.75, 3.05) is 0 Å². The second-order valence-electron chi connectivity index (χ2n) is 2.54. The predicted octanol–water partition coefficient (Wildman–Crippen LogP) is 3.97. The number of allylic oxidation sites excluding steroid dienone is 1. The minimum atomic E-state index is -4.02. The van der Waals surface area contributed by atoms with E-state index in [1.807, 2.05) is 0 Å². The molecule has 76 valence electrons. The maximum Gasteiger partial charge on any atom is 0.373 e. The van der Waals surface area contributed by atoms with E-state index in [0.717, 1.165) is 24.3 Å². The fraction of sp³-hybridized carbons (Fsp3) is 0.111. The van der Waals surface area contributed by atoms with Crippen molar-refractivity contribution in [1.29, 1.82) is 0 Å². The van der Waals surface area contributed by atoms with Crippen molar-refractivity contribution >= 4 is 17.7 Å². The van der Waals surface area contributed by atoms with Crippen LogP contribution in [0.2, 0.25) is 0 Å². The molecule has 0 N–H and O–H groups in total. The highest BCUT2D eigenvalue weighted by Crippen LogP contribution is 2.30. The predicted molar refractivity (Wildman–Crippen MR) is 46.3 cm³/mol. The average molecular weight is 225 g/mol. The van der Waals surface area contributed by atoms with Crippen LogP contribution in [0, 0.1) is 5.82 Å². The summed E-state index contributed by atoms with van der Waals surface area (Å²) >= 11 is 4.41. The SMILES string of the molecule is F/C(=C/c1ccc(F)cc1)C(F)(F)Cl. The van der Waals surface area contributed by atoms with Crippen LogP contribution in [0.5, 0.6) is 0 Å². The van der Waals surface area contributed by atoms with Gasteiger partial charge in [0.15, 0.2) is 5.83 Å². The van der Waals surface area contributed by atoms with E-state index in [1.54, 1.807) is 0 Å². The molecular weight excluding hydrogens is 220 g/mol. The summed E-state index contributed by atoms with van der Waals surface area (Å²) in [4.78, 5) is 0. The molecule has 0 fully saturated rings. The monoisotopic (exact) mass is 224 g/mol. The highest BCUT2D eigenvalue weighted by atomic mass is 35.5. The third kappa shape index (κ3) is 3.03. The lowest BCUT2D eigenvalue weighted by Crippen LogP contribution is -2.05. The minimum absolute atomic E-state index is 0.115. The fourth-order valence-corrected chi connectivity index (χ4v) is 0.842. The Morgan fingerprint density at radius 3 is 2.14 bits per heavy atom. The highest BCUT2D eigenvalue weighted by molar-refractivity contribution is 6.23. The van der Waals surface area contributed by atoms with E-state index < -0.39 is 17.0 Å². The van der Waals surface area contributed by atoms with Crippen molar-refractivity contribution in [3.8, 4) is 0 Å². The number of rotatable bonds is 2. The molecule has 5 heteroatoms. The number of hydrogen-bond donors (Lipinski definition) is 0. The second kappa shape index (κ2) is 4.00. The van der Waals surface area contributed by atoms with Gasteiger partial charge in [-0.1, -0.05) is 12.1 Å². The Morgan fingerprint density at radius 2 is 1.71 bits per heavy atom. The zero-order chi connectivity index (χ0) is 10.8. The van der Waals surface area contributed by atoms with Crippen molar-refractivity contribution in [3.05, 3.63) is 41.5 Å². The molecule has 1 aromatic rings. The molecule has 0 unspecified atom stereocenters. The molecule has 14 heavy (non-hydrogen) atoms. The summed E-state index contributed by atoms with van der Waals surface area (Å²) in [5.41, 5.74) is 0.115. The van der Waals surface area contributed by atoms with Crippen LogP contribution in [-0.2, 0) is 0 Å². The first-order valence-corrected chi connectivity index (χ1v) is 3.97. The Hall–Kier alpha value is -1.03. The molecule has 0 saturated carbocycles. The van der Waals surface area contributed by atoms with Gasteiger partial charge in [-0.2, -0.15) is 8.78 Å². The zero-order valence-corrected chi connectivity index (χ0v) is 7.53. The summed E-state index contributed by atoms with van der Waals surface area (Å²) < 4.78 is 49.2. The summed E-state index contributed by atoms with van der Waals surface area (Å²) in [6.07, 6.45) is 0.548. The van der Waals surface area contributed by atoms with Crippen LogP contribution < -0.4 is 0 Å². The van der Waals surface area contributed by atoms with Gasteiger partial charge in [-0.05, 0) is 35.4 Å². The van der Waals surface area contributed by atoms with Crippen LogP contribution in [0.4, 0.5) is 17.6 Å². The molecular formula is C9H5ClF4. The van der Waals surface area contributed by atoms with Crippen molar-refractivity contribution in [2.24, 2.45) is 0 Å². The lowest BCUT2D eigenvalue weighted by Gasteiger charge is -2.03. The Balaban J connectivity index is 2.93. The third-order valence-electron chi connectivity index (χ3n) is 1.43. The van der Waals surface area contributed by atoms with E-state index in [0.29, 0.717) is 6.08 Å². The molecule has 0 saturated heterocycles. The minimum Gasteiger partial charge on any atom is -0.207 e. The van der Waals surface area contributed by atoms with Gasteiger partial charge >= 0.3 is 5.38 Å². The van der Waals surface area contributed by atoms with Gasteiger partial charge in [-0.15, -0.1) is 0 Å². The van der Waals surface area contributed by atoms with E-state index in [9.17, 15) is 17.6 Å². The average Bonchev–Trinajstić information content (AvgIpc) is 2.07. The van der Waals surface area contributed by atoms with Gasteiger partial charge in [0.25, 0.3) is 0 Å². The van der Waals surface area contributed by atoms with Crippen LogP contribution in [0.25, 0.3) is 6.08 Å². The Labute approximate surface area is 82.8 Å². The maximum atomic E-state index is 12.6. The van der Waals surface area contributed by atoms with Gasteiger partial charge in [-0.3, -0.25) is 0 Å². The van der Waals surface area contributed by atoms with E-state index >= 15 is 0 Å². The lowest BCUT2D eigenvalue weighted by molar-refractivity contribution is 0.112. The standard InChI is InChI=1S/C9H5ClF4/c10-9(13,14)8(12)5-6-1-3-7(11)4-2-6/h1-5H/b8-5+.